The third-order valence-electron chi connectivity index (χ3n) is 2.79. The standard InChI is InChI=1S/C13H17N3O2/c1-9(17)3-2-6-14-13(18)10-4-5-11-8-15-16-12(11)7-10/h4-5,7-9,17H,2-3,6H2,1H3,(H,14,18)(H,15,16). The van der Waals surface area contributed by atoms with Crippen molar-refractivity contribution in [1.82, 2.24) is 15.5 Å². The number of aromatic amines is 1. The summed E-state index contributed by atoms with van der Waals surface area (Å²) in [7, 11) is 0. The Bertz CT molecular complexity index is 534. The number of H-pyrrole nitrogens is 1. The van der Waals surface area contributed by atoms with Crippen molar-refractivity contribution in [2.75, 3.05) is 6.54 Å². The van der Waals surface area contributed by atoms with Crippen LogP contribution in [0.25, 0.3) is 10.9 Å². The lowest BCUT2D eigenvalue weighted by atomic mass is 10.1. The molecule has 0 spiro atoms. The number of aromatic nitrogens is 2. The van der Waals surface area contributed by atoms with Gasteiger partial charge in [0.1, 0.15) is 0 Å². The first-order valence-electron chi connectivity index (χ1n) is 6.06. The summed E-state index contributed by atoms with van der Waals surface area (Å²) in [5.74, 6) is -0.0999. The third kappa shape index (κ3) is 3.07. The van der Waals surface area contributed by atoms with Crippen LogP contribution < -0.4 is 5.32 Å². The maximum atomic E-state index is 11.8. The molecular weight excluding hydrogens is 230 g/mol. The number of nitrogens with zero attached hydrogens (tertiary/aromatic N) is 1. The van der Waals surface area contributed by atoms with Crippen LogP contribution in [0.4, 0.5) is 0 Å². The van der Waals surface area contributed by atoms with Crippen LogP contribution >= 0.6 is 0 Å². The number of rotatable bonds is 5. The van der Waals surface area contributed by atoms with Crippen molar-refractivity contribution in [3.63, 3.8) is 0 Å². The van der Waals surface area contributed by atoms with Crippen molar-refractivity contribution in [3.05, 3.63) is 30.0 Å². The second kappa shape index (κ2) is 5.64. The number of amides is 1. The van der Waals surface area contributed by atoms with Gasteiger partial charge in [-0.15, -0.1) is 0 Å². The van der Waals surface area contributed by atoms with Crippen LogP contribution in [-0.2, 0) is 0 Å². The quantitative estimate of drug-likeness (QED) is 0.700. The molecule has 3 N–H and O–H groups in total. The minimum atomic E-state index is -0.316. The Morgan fingerprint density at radius 3 is 3.17 bits per heavy atom. The molecule has 0 aliphatic heterocycles. The van der Waals surface area contributed by atoms with Crippen molar-refractivity contribution in [2.24, 2.45) is 0 Å². The fourth-order valence-electron chi connectivity index (χ4n) is 1.78. The highest BCUT2D eigenvalue weighted by molar-refractivity contribution is 5.97. The zero-order valence-electron chi connectivity index (χ0n) is 10.3. The summed E-state index contributed by atoms with van der Waals surface area (Å²) >= 11 is 0. The van der Waals surface area contributed by atoms with Gasteiger partial charge in [0, 0.05) is 17.5 Å². The highest BCUT2D eigenvalue weighted by atomic mass is 16.3. The lowest BCUT2D eigenvalue weighted by Crippen LogP contribution is -2.24. The number of carbonyl (C=O) groups excluding carboxylic acids is 1. The van der Waals surface area contributed by atoms with Crippen LogP contribution in [0.1, 0.15) is 30.1 Å². The van der Waals surface area contributed by atoms with Crippen LogP contribution in [0.2, 0.25) is 0 Å². The van der Waals surface area contributed by atoms with Gasteiger partial charge >= 0.3 is 0 Å². The maximum absolute atomic E-state index is 11.8. The number of hydrogen-bond acceptors (Lipinski definition) is 3. The van der Waals surface area contributed by atoms with E-state index < -0.39 is 0 Å². The van der Waals surface area contributed by atoms with Gasteiger partial charge in [-0.25, -0.2) is 0 Å². The zero-order valence-corrected chi connectivity index (χ0v) is 10.3. The molecule has 1 aromatic carbocycles. The number of aliphatic hydroxyl groups is 1. The van der Waals surface area contributed by atoms with E-state index in [1.165, 1.54) is 0 Å². The van der Waals surface area contributed by atoms with Gasteiger partial charge in [-0.05, 0) is 31.9 Å². The van der Waals surface area contributed by atoms with Crippen LogP contribution in [0.3, 0.4) is 0 Å². The minimum absolute atomic E-state index is 0.0999. The average Bonchev–Trinajstić information content (AvgIpc) is 2.81. The predicted octanol–water partition coefficient (Wildman–Crippen LogP) is 1.45. The Hall–Kier alpha value is -1.88. The number of hydrogen-bond donors (Lipinski definition) is 3. The number of nitrogens with one attached hydrogen (secondary N) is 2. The normalized spacial score (nSPS) is 12.6. The van der Waals surface area contributed by atoms with E-state index in [1.54, 1.807) is 25.3 Å². The second-order valence-corrected chi connectivity index (χ2v) is 4.42. The molecule has 18 heavy (non-hydrogen) atoms. The molecule has 5 heteroatoms. The molecule has 0 aliphatic carbocycles. The molecule has 1 heterocycles. The molecule has 0 bridgehead atoms. The van der Waals surface area contributed by atoms with Crippen LogP contribution in [-0.4, -0.2) is 33.9 Å². The lowest BCUT2D eigenvalue weighted by molar-refractivity contribution is 0.0950. The minimum Gasteiger partial charge on any atom is -0.393 e. The largest absolute Gasteiger partial charge is 0.393 e. The Kier molecular flexibility index (Phi) is 3.94. The molecule has 0 saturated heterocycles. The third-order valence-corrected chi connectivity index (χ3v) is 2.79. The summed E-state index contributed by atoms with van der Waals surface area (Å²) < 4.78 is 0. The number of fused-ring (bicyclic) bond motifs is 1. The van der Waals surface area contributed by atoms with E-state index in [2.05, 4.69) is 15.5 Å². The first-order chi connectivity index (χ1) is 8.66. The van der Waals surface area contributed by atoms with Gasteiger partial charge in [0.2, 0.25) is 0 Å². The number of benzene rings is 1. The van der Waals surface area contributed by atoms with Crippen LogP contribution in [0.5, 0.6) is 0 Å². The van der Waals surface area contributed by atoms with E-state index >= 15 is 0 Å². The summed E-state index contributed by atoms with van der Waals surface area (Å²) in [6.07, 6.45) is 2.87. The van der Waals surface area contributed by atoms with Gasteiger partial charge in [0.25, 0.3) is 5.91 Å². The molecule has 0 fully saturated rings. The van der Waals surface area contributed by atoms with E-state index in [0.717, 1.165) is 17.3 Å². The fourth-order valence-corrected chi connectivity index (χ4v) is 1.78. The molecule has 1 unspecified atom stereocenters. The highest BCUT2D eigenvalue weighted by Gasteiger charge is 2.06. The van der Waals surface area contributed by atoms with Crippen molar-refractivity contribution in [2.45, 2.75) is 25.9 Å². The molecule has 96 valence electrons. The van der Waals surface area contributed by atoms with E-state index in [9.17, 15) is 4.79 Å². The van der Waals surface area contributed by atoms with E-state index in [0.29, 0.717) is 18.5 Å². The summed E-state index contributed by atoms with van der Waals surface area (Å²) in [5, 5.41) is 19.7. The van der Waals surface area contributed by atoms with Gasteiger partial charge < -0.3 is 10.4 Å². The lowest BCUT2D eigenvalue weighted by Gasteiger charge is -2.06. The molecule has 0 aliphatic rings. The Labute approximate surface area is 105 Å². The molecule has 1 atom stereocenters. The van der Waals surface area contributed by atoms with Gasteiger partial charge in [-0.3, -0.25) is 9.89 Å². The first-order valence-corrected chi connectivity index (χ1v) is 6.06. The molecule has 0 saturated carbocycles. The predicted molar refractivity (Wildman–Crippen MR) is 69.3 cm³/mol. The maximum Gasteiger partial charge on any atom is 0.251 e. The van der Waals surface area contributed by atoms with Gasteiger partial charge in [-0.1, -0.05) is 6.07 Å². The van der Waals surface area contributed by atoms with Gasteiger partial charge in [-0.2, -0.15) is 5.10 Å². The summed E-state index contributed by atoms with van der Waals surface area (Å²) in [5.41, 5.74) is 1.47. The average molecular weight is 247 g/mol. The van der Waals surface area contributed by atoms with Crippen molar-refractivity contribution in [3.8, 4) is 0 Å². The summed E-state index contributed by atoms with van der Waals surface area (Å²) in [4.78, 5) is 11.8. The molecule has 5 nitrogen and oxygen atoms in total. The molecule has 1 amide bonds. The molecule has 1 aromatic heterocycles. The number of aliphatic hydroxyl groups excluding tert-OH is 1. The molecular formula is C13H17N3O2. The van der Waals surface area contributed by atoms with Gasteiger partial charge in [0.15, 0.2) is 0 Å². The van der Waals surface area contributed by atoms with Crippen LogP contribution in [0.15, 0.2) is 24.4 Å². The van der Waals surface area contributed by atoms with E-state index in [1.807, 2.05) is 6.07 Å². The Morgan fingerprint density at radius 2 is 2.39 bits per heavy atom. The SMILES string of the molecule is CC(O)CCCNC(=O)c1ccc2cn[nH]c2c1. The van der Waals surface area contributed by atoms with Crippen molar-refractivity contribution < 1.29 is 9.90 Å². The molecule has 0 radical (unpaired) electrons. The topological polar surface area (TPSA) is 78.0 Å². The molecule has 2 rings (SSSR count). The van der Waals surface area contributed by atoms with Crippen molar-refractivity contribution in [1.29, 1.82) is 0 Å². The van der Waals surface area contributed by atoms with E-state index in [-0.39, 0.29) is 12.0 Å². The summed E-state index contributed by atoms with van der Waals surface area (Å²) in [6.45, 7) is 2.32. The van der Waals surface area contributed by atoms with E-state index in [4.69, 9.17) is 5.11 Å². The van der Waals surface area contributed by atoms with Crippen LogP contribution in [0, 0.1) is 0 Å². The monoisotopic (exact) mass is 247 g/mol. The number of carbonyl (C=O) groups is 1. The fraction of sp³-hybridized carbons (Fsp3) is 0.385. The second-order valence-electron chi connectivity index (χ2n) is 4.42. The van der Waals surface area contributed by atoms with Gasteiger partial charge in [0.05, 0.1) is 17.8 Å². The Balaban J connectivity index is 1.92. The molecule has 2 aromatic rings. The Morgan fingerprint density at radius 1 is 1.56 bits per heavy atom. The zero-order chi connectivity index (χ0) is 13.0. The smallest absolute Gasteiger partial charge is 0.251 e. The summed E-state index contributed by atoms with van der Waals surface area (Å²) in [6, 6.07) is 5.43. The first kappa shape index (κ1) is 12.6. The van der Waals surface area contributed by atoms with Crippen molar-refractivity contribution >= 4 is 16.8 Å². The highest BCUT2D eigenvalue weighted by Crippen LogP contribution is 2.12.